The maximum Gasteiger partial charge on any atom is 0.0464 e. The molecule has 1 atom stereocenters. The monoisotopic (exact) mass is 199 g/mol. The summed E-state index contributed by atoms with van der Waals surface area (Å²) in [4.78, 5) is 4.86. The molecule has 2 N–H and O–H groups in total. The third kappa shape index (κ3) is 2.47. The van der Waals surface area contributed by atoms with E-state index in [-0.39, 0.29) is 5.54 Å². The van der Waals surface area contributed by atoms with E-state index < -0.39 is 0 Å². The molecule has 0 spiro atoms. The highest BCUT2D eigenvalue weighted by atomic mass is 15.3. The lowest BCUT2D eigenvalue weighted by atomic mass is 9.97. The number of rotatable bonds is 5. The molecule has 0 saturated carbocycles. The van der Waals surface area contributed by atoms with Crippen molar-refractivity contribution in [3.8, 4) is 0 Å². The first-order valence-electron chi connectivity index (χ1n) is 5.74. The zero-order chi connectivity index (χ0) is 10.6. The number of unbranched alkanes of at least 4 members (excludes halogenated alkanes) is 1. The van der Waals surface area contributed by atoms with Gasteiger partial charge in [-0.15, -0.1) is 0 Å². The number of nitrogens with zero attached hydrogens (tertiary/aromatic N) is 2. The van der Waals surface area contributed by atoms with Crippen molar-refractivity contribution in [3.63, 3.8) is 0 Å². The van der Waals surface area contributed by atoms with Gasteiger partial charge in [0, 0.05) is 25.2 Å². The molecule has 0 aromatic rings. The molecule has 0 aromatic heterocycles. The number of likely N-dealkylation sites (tertiary alicyclic amines) is 1. The quantitative estimate of drug-likeness (QED) is 0.709. The molecular weight excluding hydrogens is 174 g/mol. The molecule has 0 aromatic carbocycles. The van der Waals surface area contributed by atoms with Crippen molar-refractivity contribution >= 4 is 0 Å². The fraction of sp³-hybridized carbons (Fsp3) is 1.00. The van der Waals surface area contributed by atoms with E-state index in [1.165, 1.54) is 32.4 Å². The summed E-state index contributed by atoms with van der Waals surface area (Å²) in [6.07, 6.45) is 3.82. The fourth-order valence-corrected chi connectivity index (χ4v) is 2.23. The Morgan fingerprint density at radius 3 is 2.57 bits per heavy atom. The molecule has 1 heterocycles. The number of likely N-dealkylation sites (N-methyl/N-ethyl adjacent to an activating group) is 1. The molecule has 84 valence electrons. The van der Waals surface area contributed by atoms with Crippen molar-refractivity contribution in [2.24, 2.45) is 5.73 Å². The lowest BCUT2D eigenvalue weighted by molar-refractivity contribution is 0.160. The topological polar surface area (TPSA) is 32.5 Å². The minimum absolute atomic E-state index is 0.244. The van der Waals surface area contributed by atoms with Crippen molar-refractivity contribution in [1.29, 1.82) is 0 Å². The Morgan fingerprint density at radius 2 is 2.14 bits per heavy atom. The molecule has 1 aliphatic rings. The molecule has 1 fully saturated rings. The van der Waals surface area contributed by atoms with Crippen LogP contribution in [0, 0.1) is 0 Å². The molecule has 0 radical (unpaired) electrons. The molecule has 1 unspecified atom stereocenters. The summed E-state index contributed by atoms with van der Waals surface area (Å²) in [6, 6.07) is 0. The molecule has 0 aliphatic carbocycles. The first kappa shape index (κ1) is 12.0. The minimum Gasteiger partial charge on any atom is -0.329 e. The minimum atomic E-state index is 0.244. The van der Waals surface area contributed by atoms with Crippen LogP contribution in [0.15, 0.2) is 0 Å². The second kappa shape index (κ2) is 5.10. The Labute approximate surface area is 88.2 Å². The van der Waals surface area contributed by atoms with Crippen molar-refractivity contribution in [2.45, 2.75) is 31.7 Å². The van der Waals surface area contributed by atoms with E-state index in [1.807, 2.05) is 0 Å². The van der Waals surface area contributed by atoms with Gasteiger partial charge in [0.2, 0.25) is 0 Å². The van der Waals surface area contributed by atoms with E-state index in [0.717, 1.165) is 13.1 Å². The molecule has 3 heteroatoms. The number of hydrogen-bond donors (Lipinski definition) is 1. The van der Waals surface area contributed by atoms with E-state index in [4.69, 9.17) is 5.73 Å². The zero-order valence-electron chi connectivity index (χ0n) is 9.92. The van der Waals surface area contributed by atoms with Gasteiger partial charge < -0.3 is 15.5 Å². The van der Waals surface area contributed by atoms with Crippen LogP contribution in [0.4, 0.5) is 0 Å². The van der Waals surface area contributed by atoms with Gasteiger partial charge >= 0.3 is 0 Å². The van der Waals surface area contributed by atoms with Gasteiger partial charge in [-0.05, 0) is 33.5 Å². The molecule has 3 nitrogen and oxygen atoms in total. The van der Waals surface area contributed by atoms with Crippen molar-refractivity contribution in [1.82, 2.24) is 9.80 Å². The van der Waals surface area contributed by atoms with Crippen LogP contribution in [0.2, 0.25) is 0 Å². The van der Waals surface area contributed by atoms with Crippen LogP contribution in [0.5, 0.6) is 0 Å². The van der Waals surface area contributed by atoms with Crippen LogP contribution >= 0.6 is 0 Å². The normalized spacial score (nSPS) is 28.9. The predicted octanol–water partition coefficient (Wildman–Crippen LogP) is 0.751. The van der Waals surface area contributed by atoms with Crippen LogP contribution in [-0.2, 0) is 0 Å². The van der Waals surface area contributed by atoms with Crippen LogP contribution in [0.25, 0.3) is 0 Å². The van der Waals surface area contributed by atoms with Crippen LogP contribution in [0.1, 0.15) is 26.2 Å². The Morgan fingerprint density at radius 1 is 1.43 bits per heavy atom. The van der Waals surface area contributed by atoms with E-state index in [1.54, 1.807) is 0 Å². The Kier molecular flexibility index (Phi) is 4.35. The lowest BCUT2D eigenvalue weighted by Gasteiger charge is -2.35. The zero-order valence-corrected chi connectivity index (χ0v) is 9.92. The summed E-state index contributed by atoms with van der Waals surface area (Å²) < 4.78 is 0. The van der Waals surface area contributed by atoms with Crippen LogP contribution in [0.3, 0.4) is 0 Å². The summed E-state index contributed by atoms with van der Waals surface area (Å²) in [5, 5.41) is 0. The second-order valence-electron chi connectivity index (χ2n) is 4.70. The summed E-state index contributed by atoms with van der Waals surface area (Å²) in [5.74, 6) is 0. The SMILES string of the molecule is CCCCN1CCC(CN)(N(C)C)C1. The molecular formula is C11H25N3. The maximum atomic E-state index is 5.89. The molecule has 1 aliphatic heterocycles. The maximum absolute atomic E-state index is 5.89. The summed E-state index contributed by atoms with van der Waals surface area (Å²) >= 11 is 0. The average Bonchev–Trinajstić information content (AvgIpc) is 2.59. The van der Waals surface area contributed by atoms with E-state index in [0.29, 0.717) is 0 Å². The number of nitrogens with two attached hydrogens (primary N) is 1. The van der Waals surface area contributed by atoms with Gasteiger partial charge in [0.05, 0.1) is 0 Å². The summed E-state index contributed by atoms with van der Waals surface area (Å²) in [5.41, 5.74) is 6.14. The Hall–Kier alpha value is -0.120. The van der Waals surface area contributed by atoms with E-state index in [9.17, 15) is 0 Å². The fourth-order valence-electron chi connectivity index (χ4n) is 2.23. The van der Waals surface area contributed by atoms with E-state index >= 15 is 0 Å². The molecule has 0 amide bonds. The summed E-state index contributed by atoms with van der Waals surface area (Å²) in [7, 11) is 4.30. The van der Waals surface area contributed by atoms with Gasteiger partial charge in [-0.2, -0.15) is 0 Å². The van der Waals surface area contributed by atoms with Gasteiger partial charge in [0.1, 0.15) is 0 Å². The summed E-state index contributed by atoms with van der Waals surface area (Å²) in [6.45, 7) is 6.64. The van der Waals surface area contributed by atoms with Gasteiger partial charge in [-0.25, -0.2) is 0 Å². The highest BCUT2D eigenvalue weighted by molar-refractivity contribution is 4.97. The highest BCUT2D eigenvalue weighted by Crippen LogP contribution is 2.25. The van der Waals surface area contributed by atoms with Gasteiger partial charge in [-0.1, -0.05) is 13.3 Å². The standard InChI is InChI=1S/C11H25N3/c1-4-5-7-14-8-6-11(9-12,10-14)13(2)3/h4-10,12H2,1-3H3. The predicted molar refractivity (Wildman–Crippen MR) is 61.4 cm³/mol. The second-order valence-corrected chi connectivity index (χ2v) is 4.70. The van der Waals surface area contributed by atoms with Crippen molar-refractivity contribution in [2.75, 3.05) is 40.3 Å². The van der Waals surface area contributed by atoms with Gasteiger partial charge in [0.15, 0.2) is 0 Å². The van der Waals surface area contributed by atoms with Crippen molar-refractivity contribution in [3.05, 3.63) is 0 Å². The van der Waals surface area contributed by atoms with Crippen LogP contribution in [-0.4, -0.2) is 55.6 Å². The van der Waals surface area contributed by atoms with Gasteiger partial charge in [-0.3, -0.25) is 0 Å². The van der Waals surface area contributed by atoms with Crippen LogP contribution < -0.4 is 5.73 Å². The lowest BCUT2D eigenvalue weighted by Crippen LogP contribution is -2.52. The largest absolute Gasteiger partial charge is 0.329 e. The molecule has 1 saturated heterocycles. The average molecular weight is 199 g/mol. The Bertz CT molecular complexity index is 170. The number of hydrogen-bond acceptors (Lipinski definition) is 3. The van der Waals surface area contributed by atoms with Crippen molar-refractivity contribution < 1.29 is 0 Å². The third-order valence-electron chi connectivity index (χ3n) is 3.57. The third-order valence-corrected chi connectivity index (χ3v) is 3.57. The first-order valence-corrected chi connectivity index (χ1v) is 5.74. The smallest absolute Gasteiger partial charge is 0.0464 e. The van der Waals surface area contributed by atoms with Gasteiger partial charge in [0.25, 0.3) is 0 Å². The molecule has 14 heavy (non-hydrogen) atoms. The highest BCUT2D eigenvalue weighted by Gasteiger charge is 2.38. The first-order chi connectivity index (χ1) is 6.64. The Balaban J connectivity index is 2.44. The molecule has 1 rings (SSSR count). The van der Waals surface area contributed by atoms with E-state index in [2.05, 4.69) is 30.8 Å². The molecule has 0 bridgehead atoms.